The molecule has 1 amide bonds. The highest BCUT2D eigenvalue weighted by molar-refractivity contribution is 6.31. The summed E-state index contributed by atoms with van der Waals surface area (Å²) in [6, 6.07) is 1.56. The minimum atomic E-state index is -1.11. The van der Waals surface area contributed by atoms with Crippen molar-refractivity contribution in [1.82, 2.24) is 10.3 Å². The maximum Gasteiger partial charge on any atom is 0.330 e. The summed E-state index contributed by atoms with van der Waals surface area (Å²) < 4.78 is 4.60. The van der Waals surface area contributed by atoms with Gasteiger partial charge in [0.25, 0.3) is 5.91 Å². The van der Waals surface area contributed by atoms with Crippen molar-refractivity contribution >= 4 is 23.5 Å². The Morgan fingerprint density at radius 1 is 1.44 bits per heavy atom. The fourth-order valence-corrected chi connectivity index (χ4v) is 1.42. The third-order valence-electron chi connectivity index (χ3n) is 2.40. The van der Waals surface area contributed by atoms with Gasteiger partial charge in [-0.25, -0.2) is 9.78 Å². The minimum absolute atomic E-state index is 0.203. The first-order valence-electron chi connectivity index (χ1n) is 5.31. The van der Waals surface area contributed by atoms with Crippen LogP contribution in [0.25, 0.3) is 0 Å². The van der Waals surface area contributed by atoms with Gasteiger partial charge in [-0.1, -0.05) is 11.6 Å². The Kier molecular flexibility index (Phi) is 4.29. The normalized spacial score (nSPS) is 10.9. The van der Waals surface area contributed by atoms with Crippen LogP contribution in [0.3, 0.4) is 0 Å². The molecule has 5 nitrogen and oxygen atoms in total. The molecule has 0 aromatic carbocycles. The Balaban J connectivity index is 2.89. The van der Waals surface area contributed by atoms with Crippen LogP contribution in [0.15, 0.2) is 12.3 Å². The number of hydrogen-bond acceptors (Lipinski definition) is 4. The number of esters is 1. The summed E-state index contributed by atoms with van der Waals surface area (Å²) in [5, 5.41) is 3.04. The summed E-state index contributed by atoms with van der Waals surface area (Å²) in [6.45, 7) is 4.88. The van der Waals surface area contributed by atoms with E-state index in [0.717, 1.165) is 5.56 Å². The third kappa shape index (κ3) is 3.20. The van der Waals surface area contributed by atoms with E-state index in [2.05, 4.69) is 15.0 Å². The van der Waals surface area contributed by atoms with Crippen molar-refractivity contribution < 1.29 is 14.3 Å². The zero-order valence-electron chi connectivity index (χ0n) is 10.7. The van der Waals surface area contributed by atoms with Crippen LogP contribution in [0.2, 0.25) is 5.02 Å². The van der Waals surface area contributed by atoms with Gasteiger partial charge in [0.1, 0.15) is 11.2 Å². The number of halogens is 1. The molecule has 1 aromatic heterocycles. The molecule has 0 atom stereocenters. The predicted molar refractivity (Wildman–Crippen MR) is 67.5 cm³/mol. The molecule has 18 heavy (non-hydrogen) atoms. The van der Waals surface area contributed by atoms with Gasteiger partial charge in [0.05, 0.1) is 12.1 Å². The van der Waals surface area contributed by atoms with Crippen LogP contribution in [-0.4, -0.2) is 29.5 Å². The second-order valence-corrected chi connectivity index (χ2v) is 4.80. The number of nitrogens with one attached hydrogen (secondary N) is 1. The molecule has 98 valence electrons. The van der Waals surface area contributed by atoms with Crippen molar-refractivity contribution in [3.63, 3.8) is 0 Å². The Labute approximate surface area is 110 Å². The standard InChI is InChI=1S/C12H15ClN2O3/c1-7-5-9(14-6-8(7)13)10(16)15-12(2,3)11(17)18-4/h5-6H,1-4H3,(H,15,16). The molecule has 0 fully saturated rings. The fraction of sp³-hybridized carbons (Fsp3) is 0.417. The van der Waals surface area contributed by atoms with Crippen LogP contribution in [-0.2, 0) is 9.53 Å². The molecule has 0 saturated carbocycles. The number of amides is 1. The van der Waals surface area contributed by atoms with Crippen LogP contribution >= 0.6 is 11.6 Å². The molecule has 0 radical (unpaired) electrons. The number of carbonyl (C=O) groups excluding carboxylic acids is 2. The number of ether oxygens (including phenoxy) is 1. The summed E-state index contributed by atoms with van der Waals surface area (Å²) in [7, 11) is 1.26. The summed E-state index contributed by atoms with van der Waals surface area (Å²) >= 11 is 5.82. The smallest absolute Gasteiger partial charge is 0.330 e. The Hall–Kier alpha value is -1.62. The van der Waals surface area contributed by atoms with Crippen molar-refractivity contribution in [2.24, 2.45) is 0 Å². The Morgan fingerprint density at radius 3 is 2.56 bits per heavy atom. The highest BCUT2D eigenvalue weighted by atomic mass is 35.5. The molecule has 0 bridgehead atoms. The van der Waals surface area contributed by atoms with E-state index < -0.39 is 17.4 Å². The monoisotopic (exact) mass is 270 g/mol. The number of aryl methyl sites for hydroxylation is 1. The third-order valence-corrected chi connectivity index (χ3v) is 2.80. The quantitative estimate of drug-likeness (QED) is 0.850. The van der Waals surface area contributed by atoms with Gasteiger partial charge in [0, 0.05) is 6.20 Å². The lowest BCUT2D eigenvalue weighted by Gasteiger charge is -2.22. The summed E-state index contributed by atoms with van der Waals surface area (Å²) in [6.07, 6.45) is 1.40. The minimum Gasteiger partial charge on any atom is -0.467 e. The molecule has 0 unspecified atom stereocenters. The van der Waals surface area contributed by atoms with Crippen LogP contribution in [0.5, 0.6) is 0 Å². The van der Waals surface area contributed by atoms with Crippen molar-refractivity contribution in [1.29, 1.82) is 0 Å². The zero-order chi connectivity index (χ0) is 13.9. The molecule has 0 aliphatic heterocycles. The second kappa shape index (κ2) is 5.35. The lowest BCUT2D eigenvalue weighted by Crippen LogP contribution is -2.50. The number of pyridine rings is 1. The number of nitrogens with zero attached hydrogens (tertiary/aromatic N) is 1. The summed E-state index contributed by atoms with van der Waals surface area (Å²) in [5.74, 6) is -0.980. The van der Waals surface area contributed by atoms with E-state index in [0.29, 0.717) is 5.02 Å². The lowest BCUT2D eigenvalue weighted by molar-refractivity contribution is -0.146. The van der Waals surface area contributed by atoms with Gasteiger partial charge in [-0.05, 0) is 32.4 Å². The second-order valence-electron chi connectivity index (χ2n) is 4.39. The largest absolute Gasteiger partial charge is 0.467 e. The van der Waals surface area contributed by atoms with E-state index in [9.17, 15) is 9.59 Å². The molecule has 0 aliphatic carbocycles. The molecule has 6 heteroatoms. The molecule has 1 aromatic rings. The molecule has 1 N–H and O–H groups in total. The highest BCUT2D eigenvalue weighted by Crippen LogP contribution is 2.14. The molecule has 1 rings (SSSR count). The number of hydrogen-bond donors (Lipinski definition) is 1. The number of aromatic nitrogens is 1. The molecule has 1 heterocycles. The first-order valence-corrected chi connectivity index (χ1v) is 5.69. The van der Waals surface area contributed by atoms with Crippen LogP contribution in [0, 0.1) is 6.92 Å². The van der Waals surface area contributed by atoms with Gasteiger partial charge < -0.3 is 10.1 Å². The Bertz CT molecular complexity index is 486. The van der Waals surface area contributed by atoms with Crippen molar-refractivity contribution in [2.75, 3.05) is 7.11 Å². The van der Waals surface area contributed by atoms with Crippen molar-refractivity contribution in [3.8, 4) is 0 Å². The Morgan fingerprint density at radius 2 is 2.06 bits per heavy atom. The number of methoxy groups -OCH3 is 1. The van der Waals surface area contributed by atoms with Crippen molar-refractivity contribution in [3.05, 3.63) is 28.5 Å². The maximum absolute atomic E-state index is 11.9. The highest BCUT2D eigenvalue weighted by Gasteiger charge is 2.31. The fourth-order valence-electron chi connectivity index (χ4n) is 1.32. The van der Waals surface area contributed by atoms with Gasteiger partial charge in [0.2, 0.25) is 0 Å². The SMILES string of the molecule is COC(=O)C(C)(C)NC(=O)c1cc(C)c(Cl)cn1. The topological polar surface area (TPSA) is 68.3 Å². The lowest BCUT2D eigenvalue weighted by atomic mass is 10.1. The van der Waals surface area contributed by atoms with E-state index in [1.165, 1.54) is 13.3 Å². The molecule has 0 spiro atoms. The molecule has 0 saturated heterocycles. The van der Waals surface area contributed by atoms with Crippen LogP contribution < -0.4 is 5.32 Å². The van der Waals surface area contributed by atoms with Gasteiger partial charge in [0.15, 0.2) is 0 Å². The predicted octanol–water partition coefficient (Wildman–Crippen LogP) is 1.72. The van der Waals surface area contributed by atoms with Crippen LogP contribution in [0.4, 0.5) is 0 Å². The molecular formula is C12H15ClN2O3. The van der Waals surface area contributed by atoms with E-state index in [4.69, 9.17) is 11.6 Å². The first-order chi connectivity index (χ1) is 8.27. The molecule has 0 aliphatic rings. The zero-order valence-corrected chi connectivity index (χ0v) is 11.5. The van der Waals surface area contributed by atoms with Crippen molar-refractivity contribution in [2.45, 2.75) is 26.3 Å². The average molecular weight is 271 g/mol. The molecular weight excluding hydrogens is 256 g/mol. The number of carbonyl (C=O) groups is 2. The van der Waals surface area contributed by atoms with Gasteiger partial charge >= 0.3 is 5.97 Å². The first kappa shape index (κ1) is 14.4. The van der Waals surface area contributed by atoms with E-state index in [1.807, 2.05) is 0 Å². The number of rotatable bonds is 3. The van der Waals surface area contributed by atoms with E-state index >= 15 is 0 Å². The van der Waals surface area contributed by atoms with E-state index in [1.54, 1.807) is 26.8 Å². The van der Waals surface area contributed by atoms with E-state index in [-0.39, 0.29) is 5.69 Å². The van der Waals surface area contributed by atoms with Gasteiger partial charge in [-0.15, -0.1) is 0 Å². The van der Waals surface area contributed by atoms with Crippen LogP contribution in [0.1, 0.15) is 29.9 Å². The average Bonchev–Trinajstić information content (AvgIpc) is 2.30. The summed E-state index contributed by atoms with van der Waals surface area (Å²) in [5.41, 5.74) is -0.164. The van der Waals surface area contributed by atoms with Gasteiger partial charge in [-0.2, -0.15) is 0 Å². The summed E-state index contributed by atoms with van der Waals surface area (Å²) in [4.78, 5) is 27.3. The maximum atomic E-state index is 11.9. The van der Waals surface area contributed by atoms with Gasteiger partial charge in [-0.3, -0.25) is 4.79 Å².